The molecule has 6 heteroatoms. The number of carbonyl (C=O) groups is 1. The number of likely N-dealkylation sites (tertiary alicyclic amines) is 1. The highest BCUT2D eigenvalue weighted by Gasteiger charge is 2.48. The highest BCUT2D eigenvalue weighted by atomic mass is 16.6. The fraction of sp³-hybridized carbons (Fsp3) is 0.474. The molecule has 4 rings (SSSR count). The molecule has 1 atom stereocenters. The summed E-state index contributed by atoms with van der Waals surface area (Å²) >= 11 is 0. The van der Waals surface area contributed by atoms with Crippen LogP contribution in [0.2, 0.25) is 0 Å². The van der Waals surface area contributed by atoms with E-state index in [2.05, 4.69) is 36.0 Å². The van der Waals surface area contributed by atoms with Crippen molar-refractivity contribution in [3.8, 4) is 5.69 Å². The number of hydrogen-bond acceptors (Lipinski definition) is 4. The molecule has 1 unspecified atom stereocenters. The molecule has 2 saturated heterocycles. The van der Waals surface area contributed by atoms with E-state index in [1.807, 2.05) is 23.1 Å². The summed E-state index contributed by atoms with van der Waals surface area (Å²) in [6.45, 7) is 7.50. The van der Waals surface area contributed by atoms with Crippen LogP contribution in [0.5, 0.6) is 0 Å². The van der Waals surface area contributed by atoms with Crippen molar-refractivity contribution in [3.05, 3.63) is 47.3 Å². The molecular weight excluding hydrogens is 316 g/mol. The summed E-state index contributed by atoms with van der Waals surface area (Å²) in [6.07, 6.45) is 4.48. The third kappa shape index (κ3) is 2.91. The minimum Gasteiger partial charge on any atom is -0.439 e. The van der Waals surface area contributed by atoms with Gasteiger partial charge in [0.2, 0.25) is 0 Å². The third-order valence-corrected chi connectivity index (χ3v) is 5.19. The highest BCUT2D eigenvalue weighted by Crippen LogP contribution is 2.33. The summed E-state index contributed by atoms with van der Waals surface area (Å²) in [5.41, 5.74) is 4.55. The molecule has 2 fully saturated rings. The predicted octanol–water partition coefficient (Wildman–Crippen LogP) is 2.52. The van der Waals surface area contributed by atoms with Gasteiger partial charge in [0.1, 0.15) is 5.60 Å². The molecule has 2 aliphatic heterocycles. The number of aryl methyl sites for hydroxylation is 2. The van der Waals surface area contributed by atoms with Gasteiger partial charge in [-0.1, -0.05) is 17.7 Å². The van der Waals surface area contributed by atoms with Crippen molar-refractivity contribution < 1.29 is 9.53 Å². The molecule has 0 aliphatic carbocycles. The van der Waals surface area contributed by atoms with Crippen molar-refractivity contribution >= 4 is 6.09 Å². The molecule has 0 bridgehead atoms. The lowest BCUT2D eigenvalue weighted by molar-refractivity contribution is 0.0627. The Hall–Kier alpha value is -2.34. The lowest BCUT2D eigenvalue weighted by Gasteiger charge is -2.23. The fourth-order valence-electron chi connectivity index (χ4n) is 4.21. The van der Waals surface area contributed by atoms with Gasteiger partial charge in [-0.05, 0) is 31.0 Å². The van der Waals surface area contributed by atoms with Crippen molar-refractivity contribution in [1.29, 1.82) is 0 Å². The van der Waals surface area contributed by atoms with Crippen LogP contribution in [0, 0.1) is 13.8 Å². The van der Waals surface area contributed by atoms with E-state index in [-0.39, 0.29) is 11.7 Å². The maximum Gasteiger partial charge on any atom is 0.410 e. The lowest BCUT2D eigenvalue weighted by Crippen LogP contribution is -2.37. The van der Waals surface area contributed by atoms with Crippen LogP contribution in [0.4, 0.5) is 4.79 Å². The number of likely N-dealkylation sites (N-methyl/N-ethyl adjacent to an activating group) is 1. The van der Waals surface area contributed by atoms with Gasteiger partial charge in [0.15, 0.2) is 0 Å². The normalized spacial score (nSPS) is 23.6. The predicted molar refractivity (Wildman–Crippen MR) is 94.8 cm³/mol. The summed E-state index contributed by atoms with van der Waals surface area (Å²) in [4.78, 5) is 15.8. The van der Waals surface area contributed by atoms with E-state index in [0.717, 1.165) is 31.7 Å². The van der Waals surface area contributed by atoms with Gasteiger partial charge in [-0.25, -0.2) is 9.48 Å². The first-order valence-corrected chi connectivity index (χ1v) is 8.72. The van der Waals surface area contributed by atoms with Crippen molar-refractivity contribution in [1.82, 2.24) is 19.6 Å². The third-order valence-electron chi connectivity index (χ3n) is 5.19. The van der Waals surface area contributed by atoms with Crippen molar-refractivity contribution in [2.45, 2.75) is 32.4 Å². The lowest BCUT2D eigenvalue weighted by atomic mass is 10.0. The van der Waals surface area contributed by atoms with E-state index in [9.17, 15) is 4.79 Å². The van der Waals surface area contributed by atoms with E-state index < -0.39 is 0 Å². The molecule has 6 nitrogen and oxygen atoms in total. The molecule has 3 heterocycles. The van der Waals surface area contributed by atoms with E-state index in [1.54, 1.807) is 11.9 Å². The van der Waals surface area contributed by atoms with Crippen LogP contribution in [0.1, 0.15) is 23.1 Å². The minimum atomic E-state index is -0.337. The second-order valence-electron chi connectivity index (χ2n) is 7.41. The summed E-state index contributed by atoms with van der Waals surface area (Å²) in [5, 5.41) is 4.43. The second-order valence-corrected chi connectivity index (χ2v) is 7.41. The number of ether oxygens (including phenoxy) is 1. The Kier molecular flexibility index (Phi) is 3.80. The molecule has 2 aliphatic rings. The Morgan fingerprint density at radius 1 is 1.28 bits per heavy atom. The molecule has 1 amide bonds. The molecule has 1 spiro atoms. The molecule has 132 valence electrons. The first-order chi connectivity index (χ1) is 12.0. The van der Waals surface area contributed by atoms with Crippen molar-refractivity contribution in [2.75, 3.05) is 26.7 Å². The summed E-state index contributed by atoms with van der Waals surface area (Å²) in [7, 11) is 1.81. The molecule has 0 N–H and O–H groups in total. The van der Waals surface area contributed by atoms with Crippen LogP contribution in [0.25, 0.3) is 5.69 Å². The maximum absolute atomic E-state index is 11.8. The maximum atomic E-state index is 11.8. The van der Waals surface area contributed by atoms with Gasteiger partial charge in [0.25, 0.3) is 0 Å². The molecule has 1 aromatic carbocycles. The zero-order chi connectivity index (χ0) is 17.6. The van der Waals surface area contributed by atoms with E-state index in [4.69, 9.17) is 4.74 Å². The van der Waals surface area contributed by atoms with Crippen molar-refractivity contribution in [2.24, 2.45) is 0 Å². The number of amides is 1. The largest absolute Gasteiger partial charge is 0.439 e. The summed E-state index contributed by atoms with van der Waals surface area (Å²) in [5.74, 6) is 0. The first kappa shape index (κ1) is 16.1. The van der Waals surface area contributed by atoms with Crippen LogP contribution in [-0.4, -0.2) is 58.0 Å². The van der Waals surface area contributed by atoms with Crippen LogP contribution >= 0.6 is 0 Å². The Morgan fingerprint density at radius 2 is 2.12 bits per heavy atom. The number of aromatic nitrogens is 2. The van der Waals surface area contributed by atoms with Crippen LogP contribution in [0.15, 0.2) is 30.6 Å². The van der Waals surface area contributed by atoms with E-state index in [0.29, 0.717) is 6.54 Å². The second kappa shape index (κ2) is 5.88. The average molecular weight is 340 g/mol. The summed E-state index contributed by atoms with van der Waals surface area (Å²) in [6, 6.07) is 6.38. The number of hydrogen-bond donors (Lipinski definition) is 0. The number of nitrogens with zero attached hydrogens (tertiary/aromatic N) is 4. The first-order valence-electron chi connectivity index (χ1n) is 8.72. The van der Waals surface area contributed by atoms with E-state index >= 15 is 0 Å². The Balaban J connectivity index is 1.59. The quantitative estimate of drug-likeness (QED) is 0.861. The Bertz CT molecular complexity index is 802. The Labute approximate surface area is 148 Å². The fourth-order valence-corrected chi connectivity index (χ4v) is 4.21. The molecule has 0 saturated carbocycles. The van der Waals surface area contributed by atoms with Gasteiger partial charge in [0, 0.05) is 45.5 Å². The highest BCUT2D eigenvalue weighted by molar-refractivity contribution is 5.70. The van der Waals surface area contributed by atoms with Gasteiger partial charge in [-0.2, -0.15) is 5.10 Å². The molecular formula is C19H24N4O2. The molecule has 1 aromatic heterocycles. The Morgan fingerprint density at radius 3 is 2.80 bits per heavy atom. The SMILES string of the molecule is Cc1cc(C)c(-n2cccn2)c(CN2CCC3(C2)CN(C)C(=O)O3)c1. The number of carbonyl (C=O) groups excluding carboxylic acids is 1. The zero-order valence-corrected chi connectivity index (χ0v) is 15.0. The zero-order valence-electron chi connectivity index (χ0n) is 15.0. The monoisotopic (exact) mass is 340 g/mol. The van der Waals surface area contributed by atoms with Gasteiger partial charge >= 0.3 is 6.09 Å². The smallest absolute Gasteiger partial charge is 0.410 e. The van der Waals surface area contributed by atoms with Crippen LogP contribution < -0.4 is 0 Å². The standard InChI is InChI=1S/C19H24N4O2/c1-14-9-15(2)17(23-7-4-6-20-23)16(10-14)11-22-8-5-19(13-22)12-21(3)18(24)25-19/h4,6-7,9-10H,5,8,11-13H2,1-3H3. The van der Waals surface area contributed by atoms with E-state index in [1.165, 1.54) is 16.7 Å². The van der Waals surface area contributed by atoms with Gasteiger partial charge < -0.3 is 9.64 Å². The van der Waals surface area contributed by atoms with Gasteiger partial charge in [0.05, 0.1) is 12.2 Å². The molecule has 25 heavy (non-hydrogen) atoms. The van der Waals surface area contributed by atoms with Crippen molar-refractivity contribution in [3.63, 3.8) is 0 Å². The van der Waals surface area contributed by atoms with Gasteiger partial charge in [-0.15, -0.1) is 0 Å². The topological polar surface area (TPSA) is 50.6 Å². The average Bonchev–Trinajstić information content (AvgIpc) is 3.23. The van der Waals surface area contributed by atoms with Gasteiger partial charge in [-0.3, -0.25) is 4.90 Å². The molecule has 2 aromatic rings. The van der Waals surface area contributed by atoms with Crippen LogP contribution in [-0.2, 0) is 11.3 Å². The summed E-state index contributed by atoms with van der Waals surface area (Å²) < 4.78 is 7.61. The number of rotatable bonds is 3. The number of benzene rings is 1. The minimum absolute atomic E-state index is 0.203. The molecule has 0 radical (unpaired) electrons. The van der Waals surface area contributed by atoms with Crippen LogP contribution in [0.3, 0.4) is 0 Å².